The minimum atomic E-state index is -0.767. The minimum absolute atomic E-state index is 0.0381. The fraction of sp³-hybridized carbons (Fsp3) is 0.348. The van der Waals surface area contributed by atoms with E-state index in [0.717, 1.165) is 0 Å². The zero-order valence-corrected chi connectivity index (χ0v) is 19.2. The number of carbonyl (C=O) groups excluding carboxylic acids is 2. The second-order valence-corrected chi connectivity index (χ2v) is 8.10. The van der Waals surface area contributed by atoms with Crippen LogP contribution in [0.15, 0.2) is 44.0 Å². The highest BCUT2D eigenvalue weighted by atomic mass is 32.2. The van der Waals surface area contributed by atoms with E-state index in [1.54, 1.807) is 50.1 Å². The Morgan fingerprint density at radius 1 is 1.12 bits per heavy atom. The smallest absolute Gasteiger partial charge is 0.328 e. The van der Waals surface area contributed by atoms with Crippen molar-refractivity contribution >= 4 is 34.8 Å². The summed E-state index contributed by atoms with van der Waals surface area (Å²) in [5.74, 6) is 1.16. The van der Waals surface area contributed by atoms with Gasteiger partial charge in [-0.25, -0.2) is 4.79 Å². The van der Waals surface area contributed by atoms with Crippen LogP contribution in [0.1, 0.15) is 17.7 Å². The van der Waals surface area contributed by atoms with E-state index in [9.17, 15) is 14.4 Å². The molecule has 1 amide bonds. The summed E-state index contributed by atoms with van der Waals surface area (Å²) in [6, 6.07) is 7.61. The molecule has 0 radical (unpaired) electrons. The Balaban J connectivity index is 2.00. The molecule has 0 fully saturated rings. The van der Waals surface area contributed by atoms with Crippen LogP contribution in [0, 0.1) is 6.92 Å². The molecule has 0 aliphatic heterocycles. The average molecular weight is 460 g/mol. The van der Waals surface area contributed by atoms with Gasteiger partial charge in [0.15, 0.2) is 5.58 Å². The highest BCUT2D eigenvalue weighted by molar-refractivity contribution is 7.98. The second-order valence-electron chi connectivity index (χ2n) is 7.12. The van der Waals surface area contributed by atoms with Crippen LogP contribution in [-0.4, -0.2) is 44.1 Å². The lowest BCUT2D eigenvalue weighted by Gasteiger charge is -2.16. The van der Waals surface area contributed by atoms with Gasteiger partial charge in [0.2, 0.25) is 16.9 Å². The van der Waals surface area contributed by atoms with Crippen molar-refractivity contribution in [2.45, 2.75) is 25.8 Å². The van der Waals surface area contributed by atoms with Crippen molar-refractivity contribution in [1.29, 1.82) is 0 Å². The summed E-state index contributed by atoms with van der Waals surface area (Å²) in [7, 11) is 2.84. The Labute approximate surface area is 189 Å². The van der Waals surface area contributed by atoms with E-state index in [4.69, 9.17) is 18.3 Å². The highest BCUT2D eigenvalue weighted by Gasteiger charge is 2.26. The Bertz CT molecular complexity index is 1160. The molecule has 0 bridgehead atoms. The largest absolute Gasteiger partial charge is 0.497 e. The molecular weight excluding hydrogens is 434 g/mol. The van der Waals surface area contributed by atoms with Crippen LogP contribution in [0.5, 0.6) is 5.75 Å². The first-order valence-electron chi connectivity index (χ1n) is 9.94. The van der Waals surface area contributed by atoms with Gasteiger partial charge in [0.05, 0.1) is 26.2 Å². The topological polar surface area (TPSA) is 108 Å². The van der Waals surface area contributed by atoms with E-state index in [0.29, 0.717) is 40.6 Å². The van der Waals surface area contributed by atoms with E-state index in [1.807, 2.05) is 6.26 Å². The lowest BCUT2D eigenvalue weighted by atomic mass is 10.0. The van der Waals surface area contributed by atoms with Crippen LogP contribution in [0.4, 0.5) is 0 Å². The highest BCUT2D eigenvalue weighted by Crippen LogP contribution is 2.34. The maximum absolute atomic E-state index is 12.9. The summed E-state index contributed by atoms with van der Waals surface area (Å²) in [6.07, 6.45) is 2.21. The third kappa shape index (κ3) is 5.16. The average Bonchev–Trinajstić information content (AvgIpc) is 3.14. The monoisotopic (exact) mass is 459 g/mol. The first kappa shape index (κ1) is 23.5. The molecule has 2 aromatic heterocycles. The molecule has 0 saturated heterocycles. The molecule has 3 aromatic rings. The zero-order chi connectivity index (χ0) is 23.3. The van der Waals surface area contributed by atoms with Gasteiger partial charge in [-0.05, 0) is 49.6 Å². The number of carbonyl (C=O) groups is 2. The van der Waals surface area contributed by atoms with E-state index in [1.165, 1.54) is 13.2 Å². The molecule has 1 atom stereocenters. The Morgan fingerprint density at radius 2 is 1.84 bits per heavy atom. The van der Waals surface area contributed by atoms with Crippen molar-refractivity contribution in [3.05, 3.63) is 51.9 Å². The number of rotatable bonds is 9. The van der Waals surface area contributed by atoms with Gasteiger partial charge in [-0.15, -0.1) is 0 Å². The SMILES string of the molecule is COC(=O)C(CCSC)NC(=O)Cc1c(-c2ccc(OC)cc2)oc2c(=O)cc(C)oc12. The third-order valence-electron chi connectivity index (χ3n) is 4.90. The number of nitrogens with one attached hydrogen (secondary N) is 1. The number of amides is 1. The molecule has 0 aliphatic rings. The molecule has 170 valence electrons. The van der Waals surface area contributed by atoms with Crippen molar-refractivity contribution in [3.63, 3.8) is 0 Å². The number of methoxy groups -OCH3 is 2. The van der Waals surface area contributed by atoms with Gasteiger partial charge in [0.1, 0.15) is 23.3 Å². The molecular formula is C23H25NO7S. The fourth-order valence-corrected chi connectivity index (χ4v) is 3.80. The van der Waals surface area contributed by atoms with Crippen molar-refractivity contribution in [2.75, 3.05) is 26.2 Å². The zero-order valence-electron chi connectivity index (χ0n) is 18.4. The van der Waals surface area contributed by atoms with Gasteiger partial charge in [-0.1, -0.05) is 0 Å². The minimum Gasteiger partial charge on any atom is -0.497 e. The predicted molar refractivity (Wildman–Crippen MR) is 122 cm³/mol. The number of ether oxygens (including phenoxy) is 2. The van der Waals surface area contributed by atoms with Crippen molar-refractivity contribution in [2.24, 2.45) is 0 Å². The number of hydrogen-bond donors (Lipinski definition) is 1. The maximum atomic E-state index is 12.9. The molecule has 2 heterocycles. The first-order chi connectivity index (χ1) is 15.4. The van der Waals surface area contributed by atoms with E-state index in [-0.39, 0.29) is 23.0 Å². The quantitative estimate of drug-likeness (QED) is 0.486. The van der Waals surface area contributed by atoms with Crippen LogP contribution in [0.3, 0.4) is 0 Å². The van der Waals surface area contributed by atoms with Gasteiger partial charge in [-0.2, -0.15) is 11.8 Å². The molecule has 0 aliphatic carbocycles. The van der Waals surface area contributed by atoms with Crippen LogP contribution in [0.25, 0.3) is 22.5 Å². The van der Waals surface area contributed by atoms with Crippen molar-refractivity contribution < 1.29 is 27.9 Å². The number of fused-ring (bicyclic) bond motifs is 1. The normalized spacial score (nSPS) is 11.9. The Morgan fingerprint density at radius 3 is 2.47 bits per heavy atom. The second kappa shape index (κ2) is 10.4. The lowest BCUT2D eigenvalue weighted by Crippen LogP contribution is -2.42. The van der Waals surface area contributed by atoms with Gasteiger partial charge in [0.25, 0.3) is 0 Å². The molecule has 9 heteroatoms. The summed E-state index contributed by atoms with van der Waals surface area (Å²) in [4.78, 5) is 37.4. The van der Waals surface area contributed by atoms with Crippen LogP contribution >= 0.6 is 11.8 Å². The first-order valence-corrected chi connectivity index (χ1v) is 11.3. The maximum Gasteiger partial charge on any atom is 0.328 e. The summed E-state index contributed by atoms with van der Waals surface area (Å²) in [5, 5.41) is 2.72. The molecule has 1 unspecified atom stereocenters. The molecule has 3 rings (SSSR count). The third-order valence-corrected chi connectivity index (χ3v) is 5.54. The number of thioether (sulfide) groups is 1. The fourth-order valence-electron chi connectivity index (χ4n) is 3.33. The summed E-state index contributed by atoms with van der Waals surface area (Å²) in [5.41, 5.74) is 1.00. The van der Waals surface area contributed by atoms with Crippen LogP contribution in [-0.2, 0) is 20.7 Å². The lowest BCUT2D eigenvalue weighted by molar-refractivity contribution is -0.145. The number of aryl methyl sites for hydroxylation is 1. The Hall–Kier alpha value is -3.20. The van der Waals surface area contributed by atoms with Gasteiger partial charge in [0, 0.05) is 11.6 Å². The number of esters is 1. The summed E-state index contributed by atoms with van der Waals surface area (Å²) in [6.45, 7) is 1.65. The van der Waals surface area contributed by atoms with Crippen LogP contribution in [0.2, 0.25) is 0 Å². The number of benzene rings is 1. The molecule has 0 saturated carbocycles. The van der Waals surface area contributed by atoms with Gasteiger partial charge in [-0.3, -0.25) is 9.59 Å². The molecule has 1 N–H and O–H groups in total. The molecule has 32 heavy (non-hydrogen) atoms. The van der Waals surface area contributed by atoms with E-state index < -0.39 is 17.9 Å². The van der Waals surface area contributed by atoms with Crippen LogP contribution < -0.4 is 15.5 Å². The number of hydrogen-bond acceptors (Lipinski definition) is 8. The molecule has 8 nitrogen and oxygen atoms in total. The van der Waals surface area contributed by atoms with E-state index >= 15 is 0 Å². The standard InChI is InChI=1S/C23H25NO7S/c1-13-11-18(25)22-21(30-13)16(20(31-22)14-5-7-15(28-2)8-6-14)12-19(26)24-17(9-10-32-4)23(27)29-3/h5-8,11,17H,9-10,12H2,1-4H3,(H,24,26). The predicted octanol–water partition coefficient (Wildman–Crippen LogP) is 3.32. The van der Waals surface area contributed by atoms with Crippen molar-refractivity contribution in [3.8, 4) is 17.1 Å². The van der Waals surface area contributed by atoms with Gasteiger partial charge < -0.3 is 23.6 Å². The van der Waals surface area contributed by atoms with E-state index in [2.05, 4.69) is 5.32 Å². The summed E-state index contributed by atoms with van der Waals surface area (Å²) < 4.78 is 21.6. The summed E-state index contributed by atoms with van der Waals surface area (Å²) >= 11 is 1.56. The van der Waals surface area contributed by atoms with Gasteiger partial charge >= 0.3 is 5.97 Å². The molecule has 0 spiro atoms. The van der Waals surface area contributed by atoms with Crippen molar-refractivity contribution in [1.82, 2.24) is 5.32 Å². The number of furan rings is 1. The Kier molecular flexibility index (Phi) is 7.63. The molecule has 1 aromatic carbocycles.